The minimum Gasteiger partial charge on any atom is -0.354 e. The van der Waals surface area contributed by atoms with E-state index in [1.165, 1.54) is 22.9 Å². The number of amides is 1. The number of nitrogens with two attached hydrogens (primary N) is 1. The number of aryl methyl sites for hydroxylation is 1. The summed E-state index contributed by atoms with van der Waals surface area (Å²) < 4.78 is 23.8. The molecule has 0 saturated carbocycles. The van der Waals surface area contributed by atoms with Gasteiger partial charge in [0, 0.05) is 32.7 Å². The van der Waals surface area contributed by atoms with Gasteiger partial charge in [0.05, 0.1) is 10.8 Å². The highest BCUT2D eigenvalue weighted by molar-refractivity contribution is 7.89. The van der Waals surface area contributed by atoms with Crippen molar-refractivity contribution >= 4 is 21.7 Å². The maximum Gasteiger partial charge on any atom is 0.266 e. The minimum atomic E-state index is -3.73. The van der Waals surface area contributed by atoms with E-state index in [-0.39, 0.29) is 22.3 Å². The van der Waals surface area contributed by atoms with Gasteiger partial charge in [0.15, 0.2) is 0 Å². The Morgan fingerprint density at radius 2 is 1.96 bits per heavy atom. The van der Waals surface area contributed by atoms with Crippen molar-refractivity contribution in [2.24, 2.45) is 18.1 Å². The molecule has 3 rings (SSSR count). The second-order valence-electron chi connectivity index (χ2n) is 6.85. The number of hydrogen-bond acceptors (Lipinski definition) is 6. The lowest BCUT2D eigenvalue weighted by Gasteiger charge is -2.32. The largest absolute Gasteiger partial charge is 0.354 e. The van der Waals surface area contributed by atoms with E-state index >= 15 is 0 Å². The lowest BCUT2D eigenvalue weighted by molar-refractivity contribution is -0.125. The molecule has 28 heavy (non-hydrogen) atoms. The van der Waals surface area contributed by atoms with Crippen molar-refractivity contribution < 1.29 is 13.2 Å². The van der Waals surface area contributed by atoms with E-state index in [0.29, 0.717) is 18.9 Å². The number of piperidine rings is 1. The van der Waals surface area contributed by atoms with Crippen molar-refractivity contribution in [1.82, 2.24) is 15.1 Å². The highest BCUT2D eigenvalue weighted by atomic mass is 32.2. The van der Waals surface area contributed by atoms with Crippen LogP contribution in [0.5, 0.6) is 0 Å². The highest BCUT2D eigenvalue weighted by Crippen LogP contribution is 2.21. The van der Waals surface area contributed by atoms with Crippen LogP contribution in [0, 0.1) is 5.92 Å². The second-order valence-corrected chi connectivity index (χ2v) is 8.41. The number of sulfonamides is 1. The van der Waals surface area contributed by atoms with Gasteiger partial charge in [-0.2, -0.15) is 5.10 Å². The van der Waals surface area contributed by atoms with E-state index in [4.69, 9.17) is 5.14 Å². The molecule has 0 aliphatic carbocycles. The van der Waals surface area contributed by atoms with Gasteiger partial charge >= 0.3 is 0 Å². The van der Waals surface area contributed by atoms with Gasteiger partial charge in [-0.05, 0) is 36.6 Å². The molecule has 1 saturated heterocycles. The average Bonchev–Trinajstić information content (AvgIpc) is 2.68. The molecule has 9 nitrogen and oxygen atoms in total. The number of rotatable bonds is 5. The maximum absolute atomic E-state index is 12.6. The first-order valence-corrected chi connectivity index (χ1v) is 10.5. The molecule has 1 aromatic carbocycles. The number of hydrogen-bond donors (Lipinski definition) is 2. The van der Waals surface area contributed by atoms with Gasteiger partial charge in [-0.25, -0.2) is 18.2 Å². The van der Waals surface area contributed by atoms with Crippen LogP contribution in [-0.4, -0.2) is 37.2 Å². The molecule has 1 amide bonds. The summed E-state index contributed by atoms with van der Waals surface area (Å²) in [5, 5.41) is 12.2. The summed E-state index contributed by atoms with van der Waals surface area (Å²) in [7, 11) is -2.13. The maximum atomic E-state index is 12.6. The average molecular weight is 405 g/mol. The van der Waals surface area contributed by atoms with Crippen LogP contribution in [0.25, 0.3) is 0 Å². The summed E-state index contributed by atoms with van der Waals surface area (Å²) in [6, 6.07) is 9.24. The molecule has 1 fully saturated rings. The Balaban J connectivity index is 1.59. The van der Waals surface area contributed by atoms with Crippen molar-refractivity contribution in [3.8, 4) is 0 Å². The monoisotopic (exact) mass is 405 g/mol. The number of carbonyl (C=O) groups is 1. The molecule has 1 aliphatic heterocycles. The van der Waals surface area contributed by atoms with Crippen LogP contribution in [0.3, 0.4) is 0 Å². The predicted molar refractivity (Wildman–Crippen MR) is 104 cm³/mol. The second kappa shape index (κ2) is 8.11. The molecule has 1 aromatic heterocycles. The normalized spacial score (nSPS) is 17.4. The smallest absolute Gasteiger partial charge is 0.266 e. The van der Waals surface area contributed by atoms with Crippen LogP contribution in [0.2, 0.25) is 0 Å². The van der Waals surface area contributed by atoms with E-state index < -0.39 is 10.0 Å². The van der Waals surface area contributed by atoms with Crippen molar-refractivity contribution in [3.05, 3.63) is 52.3 Å². The molecular formula is C18H23N5O4S. The molecule has 1 aliphatic rings. The van der Waals surface area contributed by atoms with E-state index in [1.54, 1.807) is 25.2 Å². The van der Waals surface area contributed by atoms with Crippen LogP contribution in [0.4, 0.5) is 5.82 Å². The van der Waals surface area contributed by atoms with Gasteiger partial charge in [-0.15, -0.1) is 0 Å². The molecule has 1 atom stereocenters. The number of anilines is 1. The molecule has 1 unspecified atom stereocenters. The van der Waals surface area contributed by atoms with Crippen LogP contribution < -0.4 is 20.9 Å². The van der Waals surface area contributed by atoms with Gasteiger partial charge in [0.1, 0.15) is 5.82 Å². The molecule has 0 radical (unpaired) electrons. The summed E-state index contributed by atoms with van der Waals surface area (Å²) in [5.74, 6) is 0.430. The summed E-state index contributed by atoms with van der Waals surface area (Å²) >= 11 is 0. The zero-order valence-corrected chi connectivity index (χ0v) is 16.4. The lowest BCUT2D eigenvalue weighted by Crippen LogP contribution is -2.43. The third-order valence-electron chi connectivity index (χ3n) is 4.78. The molecule has 150 valence electrons. The van der Waals surface area contributed by atoms with Crippen molar-refractivity contribution in [3.63, 3.8) is 0 Å². The quantitative estimate of drug-likeness (QED) is 0.719. The molecule has 3 N–H and O–H groups in total. The van der Waals surface area contributed by atoms with Crippen LogP contribution >= 0.6 is 0 Å². The zero-order chi connectivity index (χ0) is 20.3. The molecule has 0 bridgehead atoms. The molecule has 10 heteroatoms. The SMILES string of the molecule is Cn1nc(N2CCCC(C(=O)NCc3ccc(S(N)(=O)=O)cc3)C2)ccc1=O. The number of aromatic nitrogens is 2. The fourth-order valence-corrected chi connectivity index (χ4v) is 3.70. The number of primary sulfonamides is 1. The number of carbonyl (C=O) groups excluding carboxylic acids is 1. The fraction of sp³-hybridized carbons (Fsp3) is 0.389. The number of nitrogens with one attached hydrogen (secondary N) is 1. The Labute approximate surface area is 163 Å². The Hall–Kier alpha value is -2.72. The third kappa shape index (κ3) is 4.76. The molecule has 0 spiro atoms. The Bertz CT molecular complexity index is 1020. The zero-order valence-electron chi connectivity index (χ0n) is 15.5. The Kier molecular flexibility index (Phi) is 5.80. The van der Waals surface area contributed by atoms with Crippen LogP contribution in [0.15, 0.2) is 46.1 Å². The number of nitrogens with zero attached hydrogens (tertiary/aromatic N) is 3. The van der Waals surface area contributed by atoms with Gasteiger partial charge in [-0.1, -0.05) is 12.1 Å². The van der Waals surface area contributed by atoms with E-state index in [2.05, 4.69) is 10.4 Å². The first-order valence-electron chi connectivity index (χ1n) is 8.93. The van der Waals surface area contributed by atoms with Gasteiger partial charge in [0.25, 0.3) is 5.56 Å². The third-order valence-corrected chi connectivity index (χ3v) is 5.71. The summed E-state index contributed by atoms with van der Waals surface area (Å²) in [4.78, 5) is 26.1. The van der Waals surface area contributed by atoms with Gasteiger partial charge < -0.3 is 10.2 Å². The van der Waals surface area contributed by atoms with E-state index in [0.717, 1.165) is 24.9 Å². The van der Waals surface area contributed by atoms with Gasteiger partial charge in [0.2, 0.25) is 15.9 Å². The summed E-state index contributed by atoms with van der Waals surface area (Å²) in [5.41, 5.74) is 0.608. The molecule has 2 aromatic rings. The summed E-state index contributed by atoms with van der Waals surface area (Å²) in [6.07, 6.45) is 1.63. The molecule has 2 heterocycles. The topological polar surface area (TPSA) is 127 Å². The Morgan fingerprint density at radius 3 is 2.61 bits per heavy atom. The van der Waals surface area contributed by atoms with Crippen molar-refractivity contribution in [2.75, 3.05) is 18.0 Å². The van der Waals surface area contributed by atoms with E-state index in [1.807, 2.05) is 4.90 Å². The standard InChI is InChI=1S/C18H23N5O4S/c1-22-17(24)9-8-16(21-22)23-10-2-3-14(12-23)18(25)20-11-13-4-6-15(7-5-13)28(19,26)27/h4-9,14H,2-3,10-12H2,1H3,(H,20,25)(H2,19,26,27). The Morgan fingerprint density at radius 1 is 1.25 bits per heavy atom. The minimum absolute atomic E-state index is 0.0373. The predicted octanol–water partition coefficient (Wildman–Crippen LogP) is -0.0395. The number of benzene rings is 1. The van der Waals surface area contributed by atoms with Crippen LogP contribution in [-0.2, 0) is 28.4 Å². The highest BCUT2D eigenvalue weighted by Gasteiger charge is 2.26. The lowest BCUT2D eigenvalue weighted by atomic mass is 9.97. The van der Waals surface area contributed by atoms with Crippen molar-refractivity contribution in [1.29, 1.82) is 0 Å². The van der Waals surface area contributed by atoms with Crippen molar-refractivity contribution in [2.45, 2.75) is 24.3 Å². The molecular weight excluding hydrogens is 382 g/mol. The van der Waals surface area contributed by atoms with Crippen LogP contribution in [0.1, 0.15) is 18.4 Å². The first kappa shape index (κ1) is 20.0. The first-order chi connectivity index (χ1) is 13.2. The summed E-state index contributed by atoms with van der Waals surface area (Å²) in [6.45, 7) is 1.61. The fourth-order valence-electron chi connectivity index (χ4n) is 3.19. The van der Waals surface area contributed by atoms with Gasteiger partial charge in [-0.3, -0.25) is 9.59 Å². The van der Waals surface area contributed by atoms with E-state index in [9.17, 15) is 18.0 Å².